The summed E-state index contributed by atoms with van der Waals surface area (Å²) in [4.78, 5) is 19.4. The van der Waals surface area contributed by atoms with Gasteiger partial charge in [0, 0.05) is 13.1 Å². The molecular formula is C16H23N3O. The van der Waals surface area contributed by atoms with Gasteiger partial charge >= 0.3 is 0 Å². The highest BCUT2D eigenvalue weighted by Crippen LogP contribution is 2.65. The van der Waals surface area contributed by atoms with E-state index in [1.165, 1.54) is 12.1 Å². The number of rotatable bonds is 3. The molecule has 20 heavy (non-hydrogen) atoms. The highest BCUT2D eigenvalue weighted by atomic mass is 16.2. The molecule has 3 aliphatic carbocycles. The van der Waals surface area contributed by atoms with E-state index in [1.807, 2.05) is 12.5 Å². The lowest BCUT2D eigenvalue weighted by Crippen LogP contribution is -2.62. The van der Waals surface area contributed by atoms with Crippen LogP contribution in [0.15, 0.2) is 12.5 Å². The lowest BCUT2D eigenvalue weighted by Gasteiger charge is -2.62. The van der Waals surface area contributed by atoms with E-state index >= 15 is 0 Å². The van der Waals surface area contributed by atoms with Crippen molar-refractivity contribution in [2.24, 2.45) is 11.3 Å². The van der Waals surface area contributed by atoms with Crippen LogP contribution in [0.3, 0.4) is 0 Å². The van der Waals surface area contributed by atoms with E-state index in [9.17, 15) is 4.79 Å². The summed E-state index contributed by atoms with van der Waals surface area (Å²) >= 11 is 0. The van der Waals surface area contributed by atoms with Crippen LogP contribution in [-0.2, 0) is 11.3 Å². The first-order valence-corrected chi connectivity index (χ1v) is 8.04. The maximum Gasteiger partial charge on any atom is 0.229 e. The van der Waals surface area contributed by atoms with Crippen LogP contribution in [0.25, 0.3) is 0 Å². The third-order valence-corrected chi connectivity index (χ3v) is 5.68. The molecule has 0 radical (unpaired) electrons. The molecule has 4 heteroatoms. The number of imidazole rings is 1. The molecule has 1 aromatic heterocycles. The average Bonchev–Trinajstić information content (AvgIpc) is 2.83. The summed E-state index contributed by atoms with van der Waals surface area (Å²) in [5.74, 6) is 1.30. The molecule has 1 amide bonds. The van der Waals surface area contributed by atoms with Crippen LogP contribution >= 0.6 is 0 Å². The Morgan fingerprint density at radius 2 is 2.20 bits per heavy atom. The zero-order valence-electron chi connectivity index (χ0n) is 12.2. The van der Waals surface area contributed by atoms with Crippen molar-refractivity contribution < 1.29 is 4.79 Å². The molecule has 4 aliphatic rings. The van der Waals surface area contributed by atoms with Crippen LogP contribution in [0, 0.1) is 11.3 Å². The number of carbonyl (C=O) groups excluding carboxylic acids is 1. The third-order valence-electron chi connectivity index (χ3n) is 5.68. The van der Waals surface area contributed by atoms with Crippen molar-refractivity contribution in [2.45, 2.75) is 58.0 Å². The maximum absolute atomic E-state index is 12.9. The predicted octanol–water partition coefficient (Wildman–Crippen LogP) is 2.76. The van der Waals surface area contributed by atoms with E-state index in [4.69, 9.17) is 0 Å². The summed E-state index contributed by atoms with van der Waals surface area (Å²) in [7, 11) is 0. The minimum Gasteiger partial charge on any atom is -0.334 e. The molecule has 1 saturated heterocycles. The molecule has 4 nitrogen and oxygen atoms in total. The molecular weight excluding hydrogens is 250 g/mol. The Morgan fingerprint density at radius 3 is 2.85 bits per heavy atom. The summed E-state index contributed by atoms with van der Waals surface area (Å²) in [5.41, 5.74) is 1.28. The van der Waals surface area contributed by atoms with Gasteiger partial charge < -0.3 is 9.47 Å². The molecule has 1 atom stereocenters. The van der Waals surface area contributed by atoms with E-state index in [2.05, 4.69) is 21.4 Å². The van der Waals surface area contributed by atoms with E-state index < -0.39 is 0 Å². The minimum absolute atomic E-state index is 0.0529. The fraction of sp³-hybridized carbons (Fsp3) is 0.750. The number of hydrogen-bond acceptors (Lipinski definition) is 2. The van der Waals surface area contributed by atoms with E-state index in [0.717, 1.165) is 51.1 Å². The van der Waals surface area contributed by atoms with Gasteiger partial charge in [0.15, 0.2) is 0 Å². The Labute approximate surface area is 120 Å². The first kappa shape index (κ1) is 12.4. The predicted molar refractivity (Wildman–Crippen MR) is 76.0 cm³/mol. The second kappa shape index (κ2) is 4.34. The van der Waals surface area contributed by atoms with E-state index in [0.29, 0.717) is 5.91 Å². The van der Waals surface area contributed by atoms with Gasteiger partial charge in [-0.25, -0.2) is 4.98 Å². The Balaban J connectivity index is 1.61. The lowest BCUT2D eigenvalue weighted by molar-refractivity contribution is -0.181. The molecule has 5 rings (SSSR count). The average molecular weight is 273 g/mol. The van der Waals surface area contributed by atoms with E-state index in [1.54, 1.807) is 0 Å². The molecule has 1 unspecified atom stereocenters. The Hall–Kier alpha value is -1.32. The number of aromatic nitrogens is 2. The molecule has 0 spiro atoms. The lowest BCUT2D eigenvalue weighted by atomic mass is 9.44. The number of hydrogen-bond donors (Lipinski definition) is 0. The Kier molecular flexibility index (Phi) is 2.69. The van der Waals surface area contributed by atoms with Crippen molar-refractivity contribution in [3.63, 3.8) is 0 Å². The van der Waals surface area contributed by atoms with Crippen LogP contribution in [0.5, 0.6) is 0 Å². The van der Waals surface area contributed by atoms with Gasteiger partial charge in [-0.05, 0) is 51.4 Å². The van der Waals surface area contributed by atoms with Crippen molar-refractivity contribution in [2.75, 3.05) is 6.54 Å². The topological polar surface area (TPSA) is 38.1 Å². The van der Waals surface area contributed by atoms with Gasteiger partial charge in [-0.1, -0.05) is 0 Å². The molecule has 1 aliphatic heterocycles. The third kappa shape index (κ3) is 1.60. The molecule has 2 heterocycles. The first-order valence-electron chi connectivity index (χ1n) is 8.04. The summed E-state index contributed by atoms with van der Waals surface area (Å²) < 4.78 is 2.19. The Morgan fingerprint density at radius 1 is 1.40 bits per heavy atom. The smallest absolute Gasteiger partial charge is 0.229 e. The van der Waals surface area contributed by atoms with Crippen molar-refractivity contribution in [1.82, 2.24) is 14.5 Å². The van der Waals surface area contributed by atoms with Crippen molar-refractivity contribution in [1.29, 1.82) is 0 Å². The number of likely N-dealkylation sites (tertiary alicyclic amines) is 1. The molecule has 0 N–H and O–H groups in total. The van der Waals surface area contributed by atoms with Crippen molar-refractivity contribution >= 4 is 5.91 Å². The molecule has 4 fully saturated rings. The van der Waals surface area contributed by atoms with Crippen LogP contribution in [0.1, 0.15) is 57.2 Å². The minimum atomic E-state index is 0.0529. The van der Waals surface area contributed by atoms with Gasteiger partial charge in [0.05, 0.1) is 29.7 Å². The highest BCUT2D eigenvalue weighted by Gasteiger charge is 2.62. The zero-order chi connectivity index (χ0) is 13.7. The number of amides is 1. The summed E-state index contributed by atoms with van der Waals surface area (Å²) in [5, 5.41) is 0. The van der Waals surface area contributed by atoms with Crippen LogP contribution < -0.4 is 0 Å². The highest BCUT2D eigenvalue weighted by molar-refractivity contribution is 5.86. The number of carbonyl (C=O) groups is 1. The van der Waals surface area contributed by atoms with Gasteiger partial charge in [-0.2, -0.15) is 0 Å². The monoisotopic (exact) mass is 273 g/mol. The van der Waals surface area contributed by atoms with Gasteiger partial charge in [0.1, 0.15) is 0 Å². The zero-order valence-corrected chi connectivity index (χ0v) is 12.2. The normalized spacial score (nSPS) is 35.4. The van der Waals surface area contributed by atoms with Gasteiger partial charge in [0.25, 0.3) is 0 Å². The van der Waals surface area contributed by atoms with Gasteiger partial charge in [0.2, 0.25) is 5.91 Å². The summed E-state index contributed by atoms with van der Waals surface area (Å²) in [6.07, 6.45) is 10.8. The number of piperidine rings is 1. The molecule has 3 saturated carbocycles. The van der Waals surface area contributed by atoms with Crippen molar-refractivity contribution in [3.8, 4) is 0 Å². The maximum atomic E-state index is 12.9. The van der Waals surface area contributed by atoms with E-state index in [-0.39, 0.29) is 11.5 Å². The number of aryl methyl sites for hydroxylation is 1. The molecule has 0 aromatic carbocycles. The number of nitrogens with zero attached hydrogens (tertiary/aromatic N) is 3. The molecule has 2 bridgehead atoms. The quantitative estimate of drug-likeness (QED) is 0.849. The first-order chi connectivity index (χ1) is 9.73. The van der Waals surface area contributed by atoms with Crippen LogP contribution in [-0.4, -0.2) is 26.9 Å². The largest absolute Gasteiger partial charge is 0.334 e. The summed E-state index contributed by atoms with van der Waals surface area (Å²) in [6, 6.07) is 0.257. The molecule has 108 valence electrons. The summed E-state index contributed by atoms with van der Waals surface area (Å²) in [6.45, 7) is 4.01. The fourth-order valence-corrected chi connectivity index (χ4v) is 4.40. The Bertz CT molecular complexity index is 519. The molecule has 1 aromatic rings. The standard InChI is InChI=1S/C16H23N3O/c1-2-18-11-17-10-14(18)13-5-3-4-6-19(13)15(20)16-7-12(8-16)9-16/h10-13H,2-9H2,1H3. The fourth-order valence-electron chi connectivity index (χ4n) is 4.40. The second-order valence-corrected chi connectivity index (χ2v) is 6.87. The second-order valence-electron chi connectivity index (χ2n) is 6.87. The van der Waals surface area contributed by atoms with Crippen LogP contribution in [0.2, 0.25) is 0 Å². The van der Waals surface area contributed by atoms with Gasteiger partial charge in [-0.15, -0.1) is 0 Å². The van der Waals surface area contributed by atoms with Crippen LogP contribution in [0.4, 0.5) is 0 Å². The van der Waals surface area contributed by atoms with Gasteiger partial charge in [-0.3, -0.25) is 4.79 Å². The van der Waals surface area contributed by atoms with Crippen molar-refractivity contribution in [3.05, 3.63) is 18.2 Å². The SMILES string of the molecule is CCn1cncc1C1CCCCN1C(=O)C12CC(C1)C2.